The van der Waals surface area contributed by atoms with Gasteiger partial charge in [-0.05, 0) is 55.3 Å². The Morgan fingerprint density at radius 3 is 2.43 bits per heavy atom. The minimum absolute atomic E-state index is 0.0147. The Labute approximate surface area is 214 Å². The molecular formula is C26H26Cl2N6O. The average Bonchev–Trinajstić information content (AvgIpc) is 3.29. The van der Waals surface area contributed by atoms with Gasteiger partial charge in [-0.3, -0.25) is 0 Å². The van der Waals surface area contributed by atoms with Crippen molar-refractivity contribution in [2.24, 2.45) is 0 Å². The molecule has 0 unspecified atom stereocenters. The standard InChI is InChI=1S/C26H26Cl2N6O/c1-16-14-33(11-12-34(16)26(35)31-17(2)18-3-7-20(27)8-4-18)25-22-13-23(32-24(22)29-15-30-25)19-5-9-21(28)10-6-19/h3-10,13,15-17H,11-12,14H2,1-2H3,(H,31,35)(H,29,30,32)/t16-,17-/m1/s1. The summed E-state index contributed by atoms with van der Waals surface area (Å²) >= 11 is 12.0. The number of fused-ring (bicyclic) bond motifs is 1. The number of amides is 2. The summed E-state index contributed by atoms with van der Waals surface area (Å²) in [5.41, 5.74) is 3.79. The SMILES string of the molecule is C[C@@H]1CN(c2ncnc3[nH]c(-c4ccc(Cl)cc4)cc23)CCN1C(=O)N[C@H](C)c1ccc(Cl)cc1. The number of carbonyl (C=O) groups excluding carboxylic acids is 1. The van der Waals surface area contributed by atoms with E-state index in [1.54, 1.807) is 6.33 Å². The second-order valence-electron chi connectivity index (χ2n) is 8.86. The molecule has 5 rings (SSSR count). The molecule has 180 valence electrons. The zero-order valence-electron chi connectivity index (χ0n) is 19.5. The highest BCUT2D eigenvalue weighted by Gasteiger charge is 2.30. The normalized spacial score (nSPS) is 17.0. The first-order valence-electron chi connectivity index (χ1n) is 11.6. The monoisotopic (exact) mass is 508 g/mol. The number of urea groups is 1. The Bertz CT molecular complexity index is 1340. The van der Waals surface area contributed by atoms with Crippen LogP contribution in [0.2, 0.25) is 10.0 Å². The van der Waals surface area contributed by atoms with E-state index in [0.717, 1.165) is 33.7 Å². The zero-order chi connectivity index (χ0) is 24.5. The van der Waals surface area contributed by atoms with Crippen LogP contribution in [0.4, 0.5) is 10.6 Å². The Balaban J connectivity index is 1.30. The summed E-state index contributed by atoms with van der Waals surface area (Å²) < 4.78 is 0. The van der Waals surface area contributed by atoms with Gasteiger partial charge in [-0.2, -0.15) is 0 Å². The highest BCUT2D eigenvalue weighted by atomic mass is 35.5. The van der Waals surface area contributed by atoms with E-state index in [0.29, 0.717) is 29.7 Å². The molecule has 1 fully saturated rings. The summed E-state index contributed by atoms with van der Waals surface area (Å²) in [6.45, 7) is 5.99. The summed E-state index contributed by atoms with van der Waals surface area (Å²) in [6.07, 6.45) is 1.58. The van der Waals surface area contributed by atoms with Crippen molar-refractivity contribution in [3.8, 4) is 11.3 Å². The Morgan fingerprint density at radius 1 is 1.06 bits per heavy atom. The fourth-order valence-electron chi connectivity index (χ4n) is 4.52. The maximum atomic E-state index is 13.0. The molecule has 2 aromatic carbocycles. The smallest absolute Gasteiger partial charge is 0.318 e. The summed E-state index contributed by atoms with van der Waals surface area (Å²) in [6, 6.07) is 17.1. The summed E-state index contributed by atoms with van der Waals surface area (Å²) in [5, 5.41) is 5.45. The summed E-state index contributed by atoms with van der Waals surface area (Å²) in [5.74, 6) is 0.868. The molecule has 2 N–H and O–H groups in total. The van der Waals surface area contributed by atoms with E-state index in [2.05, 4.69) is 38.2 Å². The number of piperazine rings is 1. The van der Waals surface area contributed by atoms with Crippen molar-refractivity contribution in [2.45, 2.75) is 25.9 Å². The Kier molecular flexibility index (Phi) is 6.54. The quantitative estimate of drug-likeness (QED) is 0.359. The van der Waals surface area contributed by atoms with Crippen molar-refractivity contribution < 1.29 is 4.79 Å². The van der Waals surface area contributed by atoms with Crippen molar-refractivity contribution in [1.82, 2.24) is 25.2 Å². The van der Waals surface area contributed by atoms with Gasteiger partial charge < -0.3 is 20.1 Å². The number of halogens is 2. The second-order valence-corrected chi connectivity index (χ2v) is 9.73. The van der Waals surface area contributed by atoms with Crippen molar-refractivity contribution in [3.05, 3.63) is 76.5 Å². The Morgan fingerprint density at radius 2 is 1.74 bits per heavy atom. The number of rotatable bonds is 4. The first-order valence-corrected chi connectivity index (χ1v) is 12.3. The van der Waals surface area contributed by atoms with Gasteiger partial charge in [-0.1, -0.05) is 47.5 Å². The average molecular weight is 509 g/mol. The summed E-state index contributed by atoms with van der Waals surface area (Å²) in [7, 11) is 0. The van der Waals surface area contributed by atoms with E-state index in [9.17, 15) is 4.79 Å². The molecular weight excluding hydrogens is 483 g/mol. The fourth-order valence-corrected chi connectivity index (χ4v) is 4.77. The van der Waals surface area contributed by atoms with Gasteiger partial charge in [0.2, 0.25) is 0 Å². The minimum Gasteiger partial charge on any atom is -0.352 e. The van der Waals surface area contributed by atoms with Gasteiger partial charge in [-0.25, -0.2) is 14.8 Å². The van der Waals surface area contributed by atoms with Crippen LogP contribution in [0, 0.1) is 0 Å². The van der Waals surface area contributed by atoms with Gasteiger partial charge in [0.1, 0.15) is 17.8 Å². The highest BCUT2D eigenvalue weighted by molar-refractivity contribution is 6.30. The fraction of sp³-hybridized carbons (Fsp3) is 0.269. The maximum Gasteiger partial charge on any atom is 0.318 e. The third-order valence-corrected chi connectivity index (χ3v) is 6.96. The van der Waals surface area contributed by atoms with Crippen LogP contribution >= 0.6 is 23.2 Å². The van der Waals surface area contributed by atoms with Crippen LogP contribution in [0.5, 0.6) is 0 Å². The molecule has 0 spiro atoms. The van der Waals surface area contributed by atoms with Crippen molar-refractivity contribution >= 4 is 46.1 Å². The lowest BCUT2D eigenvalue weighted by Crippen LogP contribution is -2.57. The Hall–Kier alpha value is -3.29. The van der Waals surface area contributed by atoms with E-state index in [4.69, 9.17) is 23.2 Å². The van der Waals surface area contributed by atoms with Crippen molar-refractivity contribution in [2.75, 3.05) is 24.5 Å². The lowest BCUT2D eigenvalue weighted by atomic mass is 10.1. The lowest BCUT2D eigenvalue weighted by Gasteiger charge is -2.40. The van der Waals surface area contributed by atoms with E-state index in [1.165, 1.54) is 0 Å². The molecule has 1 aliphatic rings. The molecule has 9 heteroatoms. The number of hydrogen-bond acceptors (Lipinski definition) is 4. The molecule has 7 nitrogen and oxygen atoms in total. The molecule has 0 aliphatic carbocycles. The molecule has 0 radical (unpaired) electrons. The number of nitrogens with one attached hydrogen (secondary N) is 2. The van der Waals surface area contributed by atoms with Crippen LogP contribution in [-0.4, -0.2) is 51.6 Å². The molecule has 1 aliphatic heterocycles. The van der Waals surface area contributed by atoms with Gasteiger partial charge in [0.25, 0.3) is 0 Å². The van der Waals surface area contributed by atoms with Crippen LogP contribution in [0.3, 0.4) is 0 Å². The van der Waals surface area contributed by atoms with E-state index >= 15 is 0 Å². The number of aromatic amines is 1. The van der Waals surface area contributed by atoms with Crippen molar-refractivity contribution in [3.63, 3.8) is 0 Å². The molecule has 2 atom stereocenters. The van der Waals surface area contributed by atoms with Gasteiger partial charge in [0, 0.05) is 41.4 Å². The maximum absolute atomic E-state index is 13.0. The number of hydrogen-bond donors (Lipinski definition) is 2. The topological polar surface area (TPSA) is 77.2 Å². The minimum atomic E-state index is -0.113. The van der Waals surface area contributed by atoms with Crippen LogP contribution < -0.4 is 10.2 Å². The molecule has 4 aromatic rings. The molecule has 2 aromatic heterocycles. The van der Waals surface area contributed by atoms with Crippen LogP contribution in [-0.2, 0) is 0 Å². The van der Waals surface area contributed by atoms with Gasteiger partial charge in [0.05, 0.1) is 11.4 Å². The van der Waals surface area contributed by atoms with Crippen LogP contribution in [0.15, 0.2) is 60.9 Å². The molecule has 35 heavy (non-hydrogen) atoms. The second kappa shape index (κ2) is 9.76. The summed E-state index contributed by atoms with van der Waals surface area (Å²) in [4.78, 5) is 29.5. The lowest BCUT2D eigenvalue weighted by molar-refractivity contribution is 0.168. The van der Waals surface area contributed by atoms with Gasteiger partial charge in [0.15, 0.2) is 0 Å². The van der Waals surface area contributed by atoms with E-state index in [1.807, 2.05) is 60.4 Å². The number of benzene rings is 2. The molecule has 2 amide bonds. The molecule has 3 heterocycles. The predicted octanol–water partition coefficient (Wildman–Crippen LogP) is 5.91. The number of anilines is 1. The number of aromatic nitrogens is 3. The number of nitrogens with zero attached hydrogens (tertiary/aromatic N) is 4. The van der Waals surface area contributed by atoms with E-state index in [-0.39, 0.29) is 18.1 Å². The zero-order valence-corrected chi connectivity index (χ0v) is 21.0. The van der Waals surface area contributed by atoms with Gasteiger partial charge in [-0.15, -0.1) is 0 Å². The molecule has 0 bridgehead atoms. The predicted molar refractivity (Wildman–Crippen MR) is 141 cm³/mol. The van der Waals surface area contributed by atoms with Crippen molar-refractivity contribution in [1.29, 1.82) is 0 Å². The third kappa shape index (κ3) is 4.92. The number of H-pyrrole nitrogens is 1. The number of carbonyl (C=O) groups is 1. The van der Waals surface area contributed by atoms with Crippen LogP contribution in [0.25, 0.3) is 22.3 Å². The molecule has 1 saturated heterocycles. The first-order chi connectivity index (χ1) is 16.9. The largest absolute Gasteiger partial charge is 0.352 e. The van der Waals surface area contributed by atoms with Gasteiger partial charge >= 0.3 is 6.03 Å². The first kappa shape index (κ1) is 23.5. The third-order valence-electron chi connectivity index (χ3n) is 6.46. The molecule has 0 saturated carbocycles. The van der Waals surface area contributed by atoms with Crippen LogP contribution in [0.1, 0.15) is 25.5 Å². The van der Waals surface area contributed by atoms with E-state index < -0.39 is 0 Å². The highest BCUT2D eigenvalue weighted by Crippen LogP contribution is 2.30.